The fourth-order valence-corrected chi connectivity index (χ4v) is 1.19. The Balaban J connectivity index is 2.55. The van der Waals surface area contributed by atoms with E-state index in [4.69, 9.17) is 9.84 Å². The Hall–Kier alpha value is -2.36. The number of carbonyl (C=O) groups is 2. The lowest BCUT2D eigenvalue weighted by Gasteiger charge is -2.10. The highest BCUT2D eigenvalue weighted by Crippen LogP contribution is 2.06. The van der Waals surface area contributed by atoms with E-state index in [1.165, 1.54) is 13.0 Å². The normalized spacial score (nSPS) is 12.1. The second-order valence-electron chi connectivity index (χ2n) is 3.65. The molecule has 0 amide bonds. The minimum absolute atomic E-state index is 0.156. The number of esters is 1. The zero-order valence-corrected chi connectivity index (χ0v) is 10.00. The van der Waals surface area contributed by atoms with Gasteiger partial charge in [-0.1, -0.05) is 36.9 Å². The molecule has 0 heterocycles. The highest BCUT2D eigenvalue weighted by atomic mass is 16.5. The maximum Gasteiger partial charge on any atom is 0.334 e. The monoisotopic (exact) mass is 246 g/mol. The van der Waals surface area contributed by atoms with Crippen molar-refractivity contribution >= 4 is 18.0 Å². The predicted octanol–water partition coefficient (Wildman–Crippen LogP) is 2.27. The second kappa shape index (κ2) is 6.39. The van der Waals surface area contributed by atoms with Crippen molar-refractivity contribution in [2.75, 3.05) is 0 Å². The number of carboxylic acid groups (broad SMARTS) is 1. The van der Waals surface area contributed by atoms with Crippen molar-refractivity contribution in [2.45, 2.75) is 13.0 Å². The number of hydrogen-bond donors (Lipinski definition) is 1. The number of ether oxygens (including phenoxy) is 1. The molecule has 0 aliphatic carbocycles. The largest absolute Gasteiger partial charge is 0.478 e. The van der Waals surface area contributed by atoms with Gasteiger partial charge in [0.25, 0.3) is 0 Å². The van der Waals surface area contributed by atoms with E-state index in [-0.39, 0.29) is 5.57 Å². The van der Waals surface area contributed by atoms with Crippen LogP contribution >= 0.6 is 0 Å². The smallest absolute Gasteiger partial charge is 0.334 e. The summed E-state index contributed by atoms with van der Waals surface area (Å²) in [6.45, 7) is 4.79. The summed E-state index contributed by atoms with van der Waals surface area (Å²) in [6.07, 6.45) is 2.00. The second-order valence-corrected chi connectivity index (χ2v) is 3.65. The average Bonchev–Trinajstić information content (AvgIpc) is 2.36. The van der Waals surface area contributed by atoms with Crippen LogP contribution in [0.1, 0.15) is 12.5 Å². The molecule has 0 saturated carbocycles. The van der Waals surface area contributed by atoms with Crippen molar-refractivity contribution in [1.29, 1.82) is 0 Å². The molecule has 1 aromatic rings. The van der Waals surface area contributed by atoms with Crippen LogP contribution in [0.4, 0.5) is 0 Å². The molecule has 0 radical (unpaired) electrons. The summed E-state index contributed by atoms with van der Waals surface area (Å²) < 4.78 is 4.89. The lowest BCUT2D eigenvalue weighted by molar-refractivity contribution is -0.142. The van der Waals surface area contributed by atoms with Crippen molar-refractivity contribution in [2.24, 2.45) is 0 Å². The van der Waals surface area contributed by atoms with Crippen LogP contribution in [0.3, 0.4) is 0 Å². The van der Waals surface area contributed by atoms with Gasteiger partial charge in [-0.2, -0.15) is 0 Å². The molecule has 0 saturated heterocycles. The van der Waals surface area contributed by atoms with E-state index in [9.17, 15) is 9.59 Å². The molecule has 0 bridgehead atoms. The molecular weight excluding hydrogens is 232 g/mol. The van der Waals surface area contributed by atoms with E-state index >= 15 is 0 Å². The molecule has 1 atom stereocenters. The maximum atomic E-state index is 11.4. The van der Waals surface area contributed by atoms with Crippen LogP contribution in [0.2, 0.25) is 0 Å². The highest BCUT2D eigenvalue weighted by molar-refractivity contribution is 5.90. The van der Waals surface area contributed by atoms with Gasteiger partial charge in [0.15, 0.2) is 0 Å². The quantitative estimate of drug-likeness (QED) is 0.639. The number of hydrogen-bond acceptors (Lipinski definition) is 3. The minimum atomic E-state index is -1.18. The third kappa shape index (κ3) is 4.25. The van der Waals surface area contributed by atoms with E-state index in [0.717, 1.165) is 5.56 Å². The van der Waals surface area contributed by atoms with Gasteiger partial charge in [-0.3, -0.25) is 0 Å². The Labute approximate surface area is 105 Å². The first kappa shape index (κ1) is 13.7. The lowest BCUT2D eigenvalue weighted by atomic mass is 10.2. The lowest BCUT2D eigenvalue weighted by Crippen LogP contribution is -2.20. The molecule has 1 aromatic carbocycles. The molecule has 1 N–H and O–H groups in total. The van der Waals surface area contributed by atoms with Crippen molar-refractivity contribution in [1.82, 2.24) is 0 Å². The number of carboxylic acids is 1. The fourth-order valence-electron chi connectivity index (χ4n) is 1.19. The van der Waals surface area contributed by atoms with Gasteiger partial charge in [0.1, 0.15) is 6.10 Å². The number of rotatable bonds is 5. The summed E-state index contributed by atoms with van der Waals surface area (Å²) in [5.74, 6) is -1.78. The molecule has 0 aliphatic heterocycles. The van der Waals surface area contributed by atoms with Gasteiger partial charge in [0.2, 0.25) is 0 Å². The van der Waals surface area contributed by atoms with Gasteiger partial charge in [-0.15, -0.1) is 0 Å². The van der Waals surface area contributed by atoms with Gasteiger partial charge in [0.05, 0.1) is 5.57 Å². The molecule has 1 unspecified atom stereocenters. The van der Waals surface area contributed by atoms with Gasteiger partial charge in [-0.05, 0) is 18.6 Å². The molecular formula is C14H14O4. The number of aliphatic carboxylic acids is 1. The fraction of sp³-hybridized carbons (Fsp3) is 0.143. The van der Waals surface area contributed by atoms with Gasteiger partial charge >= 0.3 is 11.9 Å². The molecule has 0 aliphatic rings. The molecule has 0 spiro atoms. The molecule has 0 aromatic heterocycles. The van der Waals surface area contributed by atoms with Crippen LogP contribution < -0.4 is 0 Å². The molecule has 1 rings (SSSR count). The third-order valence-corrected chi connectivity index (χ3v) is 2.27. The zero-order valence-electron chi connectivity index (χ0n) is 10.00. The standard InChI is InChI=1S/C14H14O4/c1-10(14(16)17)11(2)18-13(15)9-8-12-6-4-3-5-7-12/h3-9,11H,1H2,2H3,(H,16,17)/b9-8+. The maximum absolute atomic E-state index is 11.4. The summed E-state index contributed by atoms with van der Waals surface area (Å²) in [5, 5.41) is 8.66. The molecule has 0 fully saturated rings. The summed E-state index contributed by atoms with van der Waals surface area (Å²) in [6, 6.07) is 9.24. The van der Waals surface area contributed by atoms with Crippen LogP contribution in [0, 0.1) is 0 Å². The Morgan fingerprint density at radius 3 is 2.50 bits per heavy atom. The van der Waals surface area contributed by atoms with Gasteiger partial charge in [0, 0.05) is 6.08 Å². The highest BCUT2D eigenvalue weighted by Gasteiger charge is 2.16. The van der Waals surface area contributed by atoms with Crippen LogP contribution in [0.5, 0.6) is 0 Å². The summed E-state index contributed by atoms with van der Waals surface area (Å²) in [7, 11) is 0. The van der Waals surface area contributed by atoms with Crippen LogP contribution in [-0.2, 0) is 14.3 Å². The first-order valence-corrected chi connectivity index (χ1v) is 5.36. The van der Waals surface area contributed by atoms with Gasteiger partial charge in [-0.25, -0.2) is 9.59 Å². The van der Waals surface area contributed by atoms with Crippen LogP contribution in [-0.4, -0.2) is 23.1 Å². The van der Waals surface area contributed by atoms with Gasteiger partial charge < -0.3 is 9.84 Å². The Morgan fingerprint density at radius 2 is 1.94 bits per heavy atom. The first-order chi connectivity index (χ1) is 8.50. The molecule has 4 nitrogen and oxygen atoms in total. The van der Waals surface area contributed by atoms with Crippen molar-refractivity contribution < 1.29 is 19.4 Å². The van der Waals surface area contributed by atoms with E-state index in [2.05, 4.69) is 6.58 Å². The Bertz CT molecular complexity index is 474. The number of benzene rings is 1. The zero-order chi connectivity index (χ0) is 13.5. The molecule has 94 valence electrons. The Morgan fingerprint density at radius 1 is 1.33 bits per heavy atom. The van der Waals surface area contributed by atoms with E-state index in [1.807, 2.05) is 30.3 Å². The summed E-state index contributed by atoms with van der Waals surface area (Å²) >= 11 is 0. The molecule has 4 heteroatoms. The van der Waals surface area contributed by atoms with Crippen molar-refractivity contribution in [3.63, 3.8) is 0 Å². The first-order valence-electron chi connectivity index (χ1n) is 5.36. The van der Waals surface area contributed by atoms with E-state index < -0.39 is 18.0 Å². The SMILES string of the molecule is C=C(C(=O)O)C(C)OC(=O)/C=C/c1ccccc1. The minimum Gasteiger partial charge on any atom is -0.478 e. The van der Waals surface area contributed by atoms with Crippen LogP contribution in [0.15, 0.2) is 48.6 Å². The predicted molar refractivity (Wildman–Crippen MR) is 67.8 cm³/mol. The average molecular weight is 246 g/mol. The topological polar surface area (TPSA) is 63.6 Å². The number of carbonyl (C=O) groups excluding carboxylic acids is 1. The van der Waals surface area contributed by atoms with Crippen molar-refractivity contribution in [3.8, 4) is 0 Å². The molecule has 18 heavy (non-hydrogen) atoms. The van der Waals surface area contributed by atoms with E-state index in [1.54, 1.807) is 6.08 Å². The van der Waals surface area contributed by atoms with E-state index in [0.29, 0.717) is 0 Å². The van der Waals surface area contributed by atoms with Crippen LogP contribution in [0.25, 0.3) is 6.08 Å². The summed E-state index contributed by atoms with van der Waals surface area (Å²) in [4.78, 5) is 22.0. The third-order valence-electron chi connectivity index (χ3n) is 2.27. The van der Waals surface area contributed by atoms with Crippen molar-refractivity contribution in [3.05, 3.63) is 54.1 Å². The Kier molecular flexibility index (Phi) is 4.87. The summed E-state index contributed by atoms with van der Waals surface area (Å²) in [5.41, 5.74) is 0.704.